The molecule has 1 N–H and O–H groups in total. The van der Waals surface area contributed by atoms with E-state index in [-0.39, 0.29) is 5.56 Å². The standard InChI is InChI=1S/C13H19N3O2/c1-15-7-3-4-11(15)9-16(2)12-8-10(13(17)18)5-6-14-12/h5-6,8,11H,3-4,7,9H2,1-2H3,(H,17,18). The van der Waals surface area contributed by atoms with E-state index in [1.165, 1.54) is 18.9 Å². The van der Waals surface area contributed by atoms with Crippen molar-refractivity contribution in [2.24, 2.45) is 0 Å². The summed E-state index contributed by atoms with van der Waals surface area (Å²) in [6.07, 6.45) is 3.98. The Morgan fingerprint density at radius 1 is 1.67 bits per heavy atom. The highest BCUT2D eigenvalue weighted by atomic mass is 16.4. The smallest absolute Gasteiger partial charge is 0.335 e. The quantitative estimate of drug-likeness (QED) is 0.872. The van der Waals surface area contributed by atoms with Gasteiger partial charge in [-0.1, -0.05) is 0 Å². The average molecular weight is 249 g/mol. The molecule has 0 aromatic carbocycles. The van der Waals surface area contributed by atoms with E-state index in [4.69, 9.17) is 5.11 Å². The molecule has 5 nitrogen and oxygen atoms in total. The summed E-state index contributed by atoms with van der Waals surface area (Å²) in [5.74, 6) is -0.194. The van der Waals surface area contributed by atoms with Gasteiger partial charge < -0.3 is 14.9 Å². The largest absolute Gasteiger partial charge is 0.478 e. The van der Waals surface area contributed by atoms with Crippen molar-refractivity contribution in [1.82, 2.24) is 9.88 Å². The van der Waals surface area contributed by atoms with Crippen LogP contribution in [0.4, 0.5) is 5.82 Å². The summed E-state index contributed by atoms with van der Waals surface area (Å²) < 4.78 is 0. The molecular weight excluding hydrogens is 230 g/mol. The molecule has 1 saturated heterocycles. The van der Waals surface area contributed by atoms with Crippen molar-refractivity contribution < 1.29 is 9.90 Å². The van der Waals surface area contributed by atoms with Crippen LogP contribution >= 0.6 is 0 Å². The average Bonchev–Trinajstić information content (AvgIpc) is 2.75. The fraction of sp³-hybridized carbons (Fsp3) is 0.538. The minimum absolute atomic E-state index is 0.284. The molecule has 2 rings (SSSR count). The van der Waals surface area contributed by atoms with Gasteiger partial charge in [0.2, 0.25) is 0 Å². The van der Waals surface area contributed by atoms with E-state index in [1.807, 2.05) is 11.9 Å². The normalized spacial score (nSPS) is 20.0. The molecule has 1 fully saturated rings. The number of pyridine rings is 1. The number of likely N-dealkylation sites (tertiary alicyclic amines) is 1. The fourth-order valence-corrected chi connectivity index (χ4v) is 2.38. The molecule has 0 aliphatic carbocycles. The Kier molecular flexibility index (Phi) is 3.81. The van der Waals surface area contributed by atoms with Crippen LogP contribution < -0.4 is 4.90 Å². The molecule has 0 radical (unpaired) electrons. The summed E-state index contributed by atoms with van der Waals surface area (Å²) in [6.45, 7) is 2.02. The van der Waals surface area contributed by atoms with Gasteiger partial charge >= 0.3 is 5.97 Å². The van der Waals surface area contributed by atoms with Crippen LogP contribution in [0.25, 0.3) is 0 Å². The lowest BCUT2D eigenvalue weighted by Crippen LogP contribution is -2.37. The van der Waals surface area contributed by atoms with Gasteiger partial charge in [0.1, 0.15) is 5.82 Å². The number of likely N-dealkylation sites (N-methyl/N-ethyl adjacent to an activating group) is 2. The molecule has 0 bridgehead atoms. The number of anilines is 1. The molecule has 0 saturated carbocycles. The van der Waals surface area contributed by atoms with E-state index in [9.17, 15) is 4.79 Å². The van der Waals surface area contributed by atoms with Gasteiger partial charge in [-0.2, -0.15) is 0 Å². The van der Waals surface area contributed by atoms with Gasteiger partial charge in [-0.3, -0.25) is 0 Å². The molecular formula is C13H19N3O2. The maximum absolute atomic E-state index is 10.9. The summed E-state index contributed by atoms with van der Waals surface area (Å²) in [5.41, 5.74) is 0.284. The SMILES string of the molecule is CN(CC1CCCN1C)c1cc(C(=O)O)ccn1. The summed E-state index contributed by atoms with van der Waals surface area (Å²) in [4.78, 5) is 19.5. The topological polar surface area (TPSA) is 56.7 Å². The van der Waals surface area contributed by atoms with Crippen LogP contribution in [0.3, 0.4) is 0 Å². The summed E-state index contributed by atoms with van der Waals surface area (Å²) in [6, 6.07) is 3.67. The van der Waals surface area contributed by atoms with Gasteiger partial charge in [-0.15, -0.1) is 0 Å². The molecule has 1 aromatic heterocycles. The fourth-order valence-electron chi connectivity index (χ4n) is 2.38. The zero-order valence-corrected chi connectivity index (χ0v) is 10.8. The van der Waals surface area contributed by atoms with E-state index in [0.29, 0.717) is 6.04 Å². The van der Waals surface area contributed by atoms with E-state index < -0.39 is 5.97 Å². The second-order valence-electron chi connectivity index (χ2n) is 4.87. The second-order valence-corrected chi connectivity index (χ2v) is 4.87. The Morgan fingerprint density at radius 2 is 2.44 bits per heavy atom. The highest BCUT2D eigenvalue weighted by Gasteiger charge is 2.22. The first-order valence-corrected chi connectivity index (χ1v) is 6.18. The monoisotopic (exact) mass is 249 g/mol. The molecule has 1 atom stereocenters. The summed E-state index contributed by atoms with van der Waals surface area (Å²) in [5, 5.41) is 8.96. The van der Waals surface area contributed by atoms with Crippen LogP contribution in [0.2, 0.25) is 0 Å². The number of carbonyl (C=O) groups is 1. The number of carboxylic acids is 1. The summed E-state index contributed by atoms with van der Waals surface area (Å²) >= 11 is 0. The minimum Gasteiger partial charge on any atom is -0.478 e. The predicted octanol–water partition coefficient (Wildman–Crippen LogP) is 1.31. The van der Waals surface area contributed by atoms with Crippen LogP contribution in [0.5, 0.6) is 0 Å². The van der Waals surface area contributed by atoms with E-state index >= 15 is 0 Å². The minimum atomic E-state index is -0.912. The molecule has 1 unspecified atom stereocenters. The molecule has 1 aliphatic rings. The Labute approximate surface area is 107 Å². The van der Waals surface area contributed by atoms with Gasteiger partial charge in [0, 0.05) is 25.8 Å². The van der Waals surface area contributed by atoms with Crippen molar-refractivity contribution in [3.63, 3.8) is 0 Å². The van der Waals surface area contributed by atoms with Crippen LogP contribution in [0.1, 0.15) is 23.2 Å². The van der Waals surface area contributed by atoms with Gasteiger partial charge in [-0.25, -0.2) is 9.78 Å². The van der Waals surface area contributed by atoms with Gasteiger partial charge in [0.05, 0.1) is 5.56 Å². The number of hydrogen-bond acceptors (Lipinski definition) is 4. The predicted molar refractivity (Wildman–Crippen MR) is 70.1 cm³/mol. The second kappa shape index (κ2) is 5.35. The molecule has 0 spiro atoms. The third kappa shape index (κ3) is 2.79. The maximum atomic E-state index is 10.9. The third-order valence-corrected chi connectivity index (χ3v) is 3.54. The zero-order chi connectivity index (χ0) is 13.1. The number of aromatic carboxylic acids is 1. The van der Waals surface area contributed by atoms with Crippen LogP contribution in [-0.4, -0.2) is 54.2 Å². The first kappa shape index (κ1) is 12.8. The maximum Gasteiger partial charge on any atom is 0.335 e. The lowest BCUT2D eigenvalue weighted by Gasteiger charge is -2.26. The van der Waals surface area contributed by atoms with Crippen molar-refractivity contribution in [3.05, 3.63) is 23.9 Å². The lowest BCUT2D eigenvalue weighted by molar-refractivity contribution is 0.0697. The molecule has 1 aromatic rings. The van der Waals surface area contributed by atoms with E-state index in [0.717, 1.165) is 18.9 Å². The molecule has 1 aliphatic heterocycles. The van der Waals surface area contributed by atoms with Crippen LogP contribution in [0.15, 0.2) is 18.3 Å². The van der Waals surface area contributed by atoms with Gasteiger partial charge in [0.25, 0.3) is 0 Å². The highest BCUT2D eigenvalue weighted by Crippen LogP contribution is 2.18. The number of aromatic nitrogens is 1. The number of carboxylic acid groups (broad SMARTS) is 1. The van der Waals surface area contributed by atoms with Crippen molar-refractivity contribution in [2.75, 3.05) is 32.1 Å². The molecule has 18 heavy (non-hydrogen) atoms. The van der Waals surface area contributed by atoms with Crippen molar-refractivity contribution >= 4 is 11.8 Å². The van der Waals surface area contributed by atoms with Crippen LogP contribution in [-0.2, 0) is 0 Å². The Hall–Kier alpha value is -1.62. The molecule has 5 heteroatoms. The van der Waals surface area contributed by atoms with Crippen LogP contribution in [0, 0.1) is 0 Å². The zero-order valence-electron chi connectivity index (χ0n) is 10.8. The van der Waals surface area contributed by atoms with Crippen molar-refractivity contribution in [2.45, 2.75) is 18.9 Å². The van der Waals surface area contributed by atoms with Gasteiger partial charge in [0.15, 0.2) is 0 Å². The molecule has 98 valence electrons. The summed E-state index contributed by atoms with van der Waals surface area (Å²) in [7, 11) is 4.09. The number of hydrogen-bond donors (Lipinski definition) is 1. The van der Waals surface area contributed by atoms with Crippen molar-refractivity contribution in [3.8, 4) is 0 Å². The van der Waals surface area contributed by atoms with Gasteiger partial charge in [-0.05, 0) is 38.6 Å². The third-order valence-electron chi connectivity index (χ3n) is 3.54. The Morgan fingerprint density at radius 3 is 3.06 bits per heavy atom. The Bertz CT molecular complexity index is 436. The highest BCUT2D eigenvalue weighted by molar-refractivity contribution is 5.88. The number of rotatable bonds is 4. The lowest BCUT2D eigenvalue weighted by atomic mass is 10.2. The first-order valence-electron chi connectivity index (χ1n) is 6.18. The molecule has 2 heterocycles. The van der Waals surface area contributed by atoms with E-state index in [1.54, 1.807) is 12.3 Å². The Balaban J connectivity index is 2.06. The number of nitrogens with zero attached hydrogens (tertiary/aromatic N) is 3. The molecule has 0 amide bonds. The first-order chi connectivity index (χ1) is 8.58. The van der Waals surface area contributed by atoms with Crippen molar-refractivity contribution in [1.29, 1.82) is 0 Å². The van der Waals surface area contributed by atoms with E-state index in [2.05, 4.69) is 16.9 Å².